The molecule has 0 aliphatic carbocycles. The molecule has 2 rings (SSSR count). The summed E-state index contributed by atoms with van der Waals surface area (Å²) in [7, 11) is 3.24. The Kier molecular flexibility index (Phi) is 6.17. The van der Waals surface area contributed by atoms with Crippen LogP contribution in [0.5, 0.6) is 11.5 Å². The van der Waals surface area contributed by atoms with Crippen molar-refractivity contribution in [1.82, 2.24) is 4.90 Å². The Bertz CT molecular complexity index is 743. The molecule has 2 aromatic rings. The summed E-state index contributed by atoms with van der Waals surface area (Å²) in [5.74, 6) is 0.664. The standard InChI is InChI=1S/C20H23NO4/c1-14(22)17-10-11-18(19(12-17)24-4)25-15(2)20(23)21(3)13-16-8-6-5-7-9-16/h5-12,15H,13H2,1-4H3/t15-/m1/s1. The van der Waals surface area contributed by atoms with Gasteiger partial charge < -0.3 is 14.4 Å². The van der Waals surface area contributed by atoms with Gasteiger partial charge in [-0.25, -0.2) is 0 Å². The molecule has 0 radical (unpaired) electrons. The minimum Gasteiger partial charge on any atom is -0.493 e. The van der Waals surface area contributed by atoms with Gasteiger partial charge in [0.25, 0.3) is 5.91 Å². The third-order valence-corrected chi connectivity index (χ3v) is 3.86. The SMILES string of the molecule is COc1cc(C(C)=O)ccc1O[C@H](C)C(=O)N(C)Cc1ccccc1. The van der Waals surface area contributed by atoms with E-state index in [4.69, 9.17) is 9.47 Å². The predicted molar refractivity (Wildman–Crippen MR) is 96.0 cm³/mol. The number of nitrogens with zero attached hydrogens (tertiary/aromatic N) is 1. The first-order valence-electron chi connectivity index (χ1n) is 8.07. The van der Waals surface area contributed by atoms with Crippen molar-refractivity contribution in [2.75, 3.05) is 14.2 Å². The average molecular weight is 341 g/mol. The van der Waals surface area contributed by atoms with Crippen LogP contribution in [0.3, 0.4) is 0 Å². The number of benzene rings is 2. The molecule has 0 aromatic heterocycles. The molecule has 132 valence electrons. The highest BCUT2D eigenvalue weighted by molar-refractivity contribution is 5.94. The first kappa shape index (κ1) is 18.5. The van der Waals surface area contributed by atoms with Crippen molar-refractivity contribution in [1.29, 1.82) is 0 Å². The minimum atomic E-state index is -0.675. The second-order valence-electron chi connectivity index (χ2n) is 5.86. The van der Waals surface area contributed by atoms with E-state index in [-0.39, 0.29) is 11.7 Å². The Morgan fingerprint density at radius 2 is 1.76 bits per heavy atom. The summed E-state index contributed by atoms with van der Waals surface area (Å²) in [6, 6.07) is 14.7. The first-order chi connectivity index (χ1) is 11.9. The Hall–Kier alpha value is -2.82. The molecule has 0 saturated carbocycles. The average Bonchev–Trinajstić information content (AvgIpc) is 2.61. The predicted octanol–water partition coefficient (Wildman–Crippen LogP) is 3.32. The smallest absolute Gasteiger partial charge is 0.263 e. The van der Waals surface area contributed by atoms with Crippen molar-refractivity contribution in [2.24, 2.45) is 0 Å². The summed E-state index contributed by atoms with van der Waals surface area (Å²) < 4.78 is 11.0. The molecule has 5 heteroatoms. The molecule has 0 bridgehead atoms. The molecule has 0 aliphatic heterocycles. The summed E-state index contributed by atoms with van der Waals surface area (Å²) >= 11 is 0. The monoisotopic (exact) mass is 341 g/mol. The van der Waals surface area contributed by atoms with E-state index in [1.807, 2.05) is 30.3 Å². The van der Waals surface area contributed by atoms with E-state index in [1.54, 1.807) is 37.1 Å². The lowest BCUT2D eigenvalue weighted by Crippen LogP contribution is -2.37. The lowest BCUT2D eigenvalue weighted by Gasteiger charge is -2.23. The number of carbonyl (C=O) groups excluding carboxylic acids is 2. The van der Waals surface area contributed by atoms with E-state index < -0.39 is 6.10 Å². The number of methoxy groups -OCH3 is 1. The van der Waals surface area contributed by atoms with Gasteiger partial charge in [0.1, 0.15) is 0 Å². The number of ether oxygens (including phenoxy) is 2. The number of carbonyl (C=O) groups is 2. The van der Waals surface area contributed by atoms with Crippen molar-refractivity contribution >= 4 is 11.7 Å². The first-order valence-corrected chi connectivity index (χ1v) is 8.07. The second-order valence-corrected chi connectivity index (χ2v) is 5.86. The Morgan fingerprint density at radius 1 is 1.08 bits per heavy atom. The molecular formula is C20H23NO4. The van der Waals surface area contributed by atoms with Crippen LogP contribution in [0.4, 0.5) is 0 Å². The van der Waals surface area contributed by atoms with E-state index in [0.717, 1.165) is 5.56 Å². The molecule has 5 nitrogen and oxygen atoms in total. The summed E-state index contributed by atoms with van der Waals surface area (Å²) in [5.41, 5.74) is 1.58. The third-order valence-electron chi connectivity index (χ3n) is 3.86. The molecule has 0 unspecified atom stereocenters. The normalized spacial score (nSPS) is 11.5. The van der Waals surface area contributed by atoms with Gasteiger partial charge in [0.15, 0.2) is 23.4 Å². The summed E-state index contributed by atoms with van der Waals surface area (Å²) in [4.78, 5) is 25.6. The molecule has 0 heterocycles. The van der Waals surface area contributed by atoms with E-state index in [9.17, 15) is 9.59 Å². The van der Waals surface area contributed by atoms with Crippen LogP contribution in [-0.4, -0.2) is 36.9 Å². The van der Waals surface area contributed by atoms with Crippen LogP contribution in [0.2, 0.25) is 0 Å². The van der Waals surface area contributed by atoms with Gasteiger partial charge in [-0.2, -0.15) is 0 Å². The lowest BCUT2D eigenvalue weighted by molar-refractivity contribution is -0.137. The molecule has 0 spiro atoms. The number of hydrogen-bond acceptors (Lipinski definition) is 4. The van der Waals surface area contributed by atoms with Crippen molar-refractivity contribution in [3.63, 3.8) is 0 Å². The number of ketones is 1. The fourth-order valence-electron chi connectivity index (χ4n) is 2.47. The van der Waals surface area contributed by atoms with Crippen LogP contribution < -0.4 is 9.47 Å². The number of amides is 1. The highest BCUT2D eigenvalue weighted by Crippen LogP contribution is 2.29. The van der Waals surface area contributed by atoms with Gasteiger partial charge in [0, 0.05) is 19.2 Å². The Balaban J connectivity index is 2.06. The Morgan fingerprint density at radius 3 is 2.36 bits per heavy atom. The highest BCUT2D eigenvalue weighted by atomic mass is 16.5. The summed E-state index contributed by atoms with van der Waals surface area (Å²) in [6.45, 7) is 3.69. The van der Waals surface area contributed by atoms with Gasteiger partial charge in [-0.3, -0.25) is 9.59 Å². The number of likely N-dealkylation sites (N-methyl/N-ethyl adjacent to an activating group) is 1. The van der Waals surface area contributed by atoms with Gasteiger partial charge in [0.05, 0.1) is 7.11 Å². The summed E-state index contributed by atoms with van der Waals surface area (Å²) in [5, 5.41) is 0. The quantitative estimate of drug-likeness (QED) is 0.725. The van der Waals surface area contributed by atoms with Crippen molar-refractivity contribution in [2.45, 2.75) is 26.5 Å². The van der Waals surface area contributed by atoms with Gasteiger partial charge >= 0.3 is 0 Å². The number of Topliss-reactive ketones (excluding diaryl/α,β-unsaturated/α-hetero) is 1. The molecule has 25 heavy (non-hydrogen) atoms. The summed E-state index contributed by atoms with van der Waals surface area (Å²) in [6.07, 6.45) is -0.675. The van der Waals surface area contributed by atoms with Gasteiger partial charge in [-0.1, -0.05) is 30.3 Å². The lowest BCUT2D eigenvalue weighted by atomic mass is 10.1. The van der Waals surface area contributed by atoms with E-state index >= 15 is 0 Å². The van der Waals surface area contributed by atoms with Crippen LogP contribution in [-0.2, 0) is 11.3 Å². The van der Waals surface area contributed by atoms with Crippen molar-refractivity contribution in [3.8, 4) is 11.5 Å². The topological polar surface area (TPSA) is 55.8 Å². The van der Waals surface area contributed by atoms with Gasteiger partial charge in [0.2, 0.25) is 0 Å². The fourth-order valence-corrected chi connectivity index (χ4v) is 2.47. The van der Waals surface area contributed by atoms with Crippen molar-refractivity contribution < 1.29 is 19.1 Å². The fraction of sp³-hybridized carbons (Fsp3) is 0.300. The van der Waals surface area contributed by atoms with E-state index in [0.29, 0.717) is 23.6 Å². The van der Waals surface area contributed by atoms with E-state index in [1.165, 1.54) is 14.0 Å². The zero-order valence-corrected chi connectivity index (χ0v) is 15.0. The second kappa shape index (κ2) is 8.33. The highest BCUT2D eigenvalue weighted by Gasteiger charge is 2.21. The maximum atomic E-state index is 12.5. The molecule has 0 saturated heterocycles. The zero-order chi connectivity index (χ0) is 18.4. The van der Waals surface area contributed by atoms with Crippen LogP contribution in [0, 0.1) is 0 Å². The van der Waals surface area contributed by atoms with Crippen LogP contribution in [0.15, 0.2) is 48.5 Å². The van der Waals surface area contributed by atoms with Gasteiger partial charge in [-0.05, 0) is 37.6 Å². The Labute approximate surface area is 148 Å². The van der Waals surface area contributed by atoms with Crippen molar-refractivity contribution in [3.05, 3.63) is 59.7 Å². The maximum Gasteiger partial charge on any atom is 0.263 e. The third kappa shape index (κ3) is 4.83. The molecule has 1 atom stereocenters. The molecular weight excluding hydrogens is 318 g/mol. The maximum absolute atomic E-state index is 12.5. The zero-order valence-electron chi connectivity index (χ0n) is 15.0. The largest absolute Gasteiger partial charge is 0.493 e. The molecule has 2 aromatic carbocycles. The molecule has 0 aliphatic rings. The van der Waals surface area contributed by atoms with E-state index in [2.05, 4.69) is 0 Å². The van der Waals surface area contributed by atoms with Crippen LogP contribution >= 0.6 is 0 Å². The number of rotatable bonds is 7. The molecule has 0 N–H and O–H groups in total. The minimum absolute atomic E-state index is 0.0587. The molecule has 0 fully saturated rings. The molecule has 1 amide bonds. The number of hydrogen-bond donors (Lipinski definition) is 0. The van der Waals surface area contributed by atoms with Gasteiger partial charge in [-0.15, -0.1) is 0 Å². The van der Waals surface area contributed by atoms with Crippen LogP contribution in [0.1, 0.15) is 29.8 Å². The van der Waals surface area contributed by atoms with Crippen LogP contribution in [0.25, 0.3) is 0 Å².